The highest BCUT2D eigenvalue weighted by Crippen LogP contribution is 2.30. The summed E-state index contributed by atoms with van der Waals surface area (Å²) in [6.07, 6.45) is -1.24. The fraction of sp³-hybridized carbons (Fsp3) is 0.0667. The van der Waals surface area contributed by atoms with Crippen LogP contribution in [0, 0.1) is 11.6 Å². The molecule has 2 aromatic carbocycles. The molecule has 0 bridgehead atoms. The molecule has 2 nitrogen and oxygen atoms in total. The van der Waals surface area contributed by atoms with Crippen molar-refractivity contribution < 1.29 is 18.3 Å². The standard InChI is InChI=1S/C15H9BrF2O2/c16-9-1-3-11(12(18)7-9)15(19)14-6-8-5-10(17)2-4-13(8)20-14/h1-7,15,19H. The third kappa shape index (κ3) is 2.34. The summed E-state index contributed by atoms with van der Waals surface area (Å²) in [6, 6.07) is 9.90. The molecule has 1 N–H and O–H groups in total. The summed E-state index contributed by atoms with van der Waals surface area (Å²) < 4.78 is 32.9. The molecule has 0 fully saturated rings. The van der Waals surface area contributed by atoms with Crippen LogP contribution in [0.1, 0.15) is 17.4 Å². The van der Waals surface area contributed by atoms with Crippen molar-refractivity contribution in [3.63, 3.8) is 0 Å². The number of hydrogen-bond acceptors (Lipinski definition) is 2. The van der Waals surface area contributed by atoms with Crippen molar-refractivity contribution in [2.45, 2.75) is 6.10 Å². The Morgan fingerprint density at radius 1 is 1.05 bits per heavy atom. The smallest absolute Gasteiger partial charge is 0.139 e. The molecule has 20 heavy (non-hydrogen) atoms. The fourth-order valence-electron chi connectivity index (χ4n) is 2.05. The van der Waals surface area contributed by atoms with E-state index < -0.39 is 17.7 Å². The van der Waals surface area contributed by atoms with Gasteiger partial charge in [0, 0.05) is 15.4 Å². The zero-order valence-electron chi connectivity index (χ0n) is 10.1. The molecule has 3 aromatic rings. The third-order valence-corrected chi connectivity index (χ3v) is 3.52. The highest BCUT2D eigenvalue weighted by molar-refractivity contribution is 9.10. The van der Waals surface area contributed by atoms with Gasteiger partial charge in [0.2, 0.25) is 0 Å². The second-order valence-corrected chi connectivity index (χ2v) is 5.31. The summed E-state index contributed by atoms with van der Waals surface area (Å²) in [5, 5.41) is 10.7. The van der Waals surface area contributed by atoms with Crippen molar-refractivity contribution >= 4 is 26.9 Å². The molecule has 0 saturated heterocycles. The Labute approximate surface area is 121 Å². The normalized spacial score (nSPS) is 12.8. The topological polar surface area (TPSA) is 33.4 Å². The van der Waals surface area contributed by atoms with Crippen LogP contribution in [0.25, 0.3) is 11.0 Å². The number of furan rings is 1. The molecular weight excluding hydrogens is 330 g/mol. The molecule has 102 valence electrons. The van der Waals surface area contributed by atoms with E-state index >= 15 is 0 Å². The molecule has 1 aromatic heterocycles. The second-order valence-electron chi connectivity index (χ2n) is 4.40. The number of aliphatic hydroxyl groups excluding tert-OH is 1. The lowest BCUT2D eigenvalue weighted by atomic mass is 10.1. The van der Waals surface area contributed by atoms with Gasteiger partial charge < -0.3 is 9.52 Å². The van der Waals surface area contributed by atoms with E-state index in [9.17, 15) is 13.9 Å². The van der Waals surface area contributed by atoms with E-state index in [-0.39, 0.29) is 11.3 Å². The van der Waals surface area contributed by atoms with Crippen molar-refractivity contribution in [3.05, 3.63) is 69.9 Å². The Hall–Kier alpha value is -1.72. The first kappa shape index (κ1) is 13.3. The van der Waals surface area contributed by atoms with Crippen molar-refractivity contribution in [3.8, 4) is 0 Å². The Morgan fingerprint density at radius 2 is 1.85 bits per heavy atom. The second kappa shape index (κ2) is 5.00. The van der Waals surface area contributed by atoms with E-state index in [4.69, 9.17) is 4.42 Å². The van der Waals surface area contributed by atoms with Gasteiger partial charge in [0.25, 0.3) is 0 Å². The maximum absolute atomic E-state index is 13.8. The average Bonchev–Trinajstić information content (AvgIpc) is 2.81. The van der Waals surface area contributed by atoms with Gasteiger partial charge in [0.15, 0.2) is 0 Å². The maximum Gasteiger partial charge on any atom is 0.139 e. The zero-order valence-corrected chi connectivity index (χ0v) is 11.7. The van der Waals surface area contributed by atoms with Gasteiger partial charge in [-0.2, -0.15) is 0 Å². The van der Waals surface area contributed by atoms with Crippen molar-refractivity contribution in [1.29, 1.82) is 0 Å². The van der Waals surface area contributed by atoms with Crippen LogP contribution in [0.4, 0.5) is 8.78 Å². The number of aliphatic hydroxyl groups is 1. The van der Waals surface area contributed by atoms with Crippen LogP contribution in [-0.2, 0) is 0 Å². The summed E-state index contributed by atoms with van der Waals surface area (Å²) >= 11 is 3.15. The fourth-order valence-corrected chi connectivity index (χ4v) is 2.38. The van der Waals surface area contributed by atoms with Gasteiger partial charge in [-0.1, -0.05) is 22.0 Å². The summed E-state index contributed by atoms with van der Waals surface area (Å²) in [4.78, 5) is 0. The number of halogens is 3. The van der Waals surface area contributed by atoms with Gasteiger partial charge in [-0.25, -0.2) is 8.78 Å². The van der Waals surface area contributed by atoms with E-state index in [1.807, 2.05) is 0 Å². The van der Waals surface area contributed by atoms with E-state index in [2.05, 4.69) is 15.9 Å². The molecule has 1 atom stereocenters. The quantitative estimate of drug-likeness (QED) is 0.743. The molecule has 1 heterocycles. The van der Waals surface area contributed by atoms with Crippen LogP contribution < -0.4 is 0 Å². The van der Waals surface area contributed by atoms with Gasteiger partial charge in [-0.15, -0.1) is 0 Å². The van der Waals surface area contributed by atoms with Gasteiger partial charge in [0.1, 0.15) is 29.1 Å². The van der Waals surface area contributed by atoms with Gasteiger partial charge >= 0.3 is 0 Å². The minimum atomic E-state index is -1.24. The van der Waals surface area contributed by atoms with Crippen LogP contribution in [0.15, 0.2) is 51.4 Å². The van der Waals surface area contributed by atoms with Crippen LogP contribution in [-0.4, -0.2) is 5.11 Å². The molecule has 0 radical (unpaired) electrons. The summed E-state index contributed by atoms with van der Waals surface area (Å²) in [5.41, 5.74) is 0.547. The monoisotopic (exact) mass is 338 g/mol. The Balaban J connectivity index is 2.05. The summed E-state index contributed by atoms with van der Waals surface area (Å²) in [7, 11) is 0. The first-order valence-electron chi connectivity index (χ1n) is 5.86. The SMILES string of the molecule is OC(c1cc2cc(F)ccc2o1)c1ccc(Br)cc1F. The van der Waals surface area contributed by atoms with Gasteiger partial charge in [-0.05, 0) is 36.4 Å². The molecule has 5 heteroatoms. The number of hydrogen-bond donors (Lipinski definition) is 1. The van der Waals surface area contributed by atoms with E-state index in [1.54, 1.807) is 6.07 Å². The molecule has 0 aliphatic rings. The molecule has 0 aliphatic heterocycles. The summed E-state index contributed by atoms with van der Waals surface area (Å²) in [6.45, 7) is 0. The van der Waals surface area contributed by atoms with E-state index in [0.29, 0.717) is 15.4 Å². The third-order valence-electron chi connectivity index (χ3n) is 3.02. The van der Waals surface area contributed by atoms with E-state index in [0.717, 1.165) is 0 Å². The molecule has 1 unspecified atom stereocenters. The number of benzene rings is 2. The molecule has 0 aliphatic carbocycles. The van der Waals surface area contributed by atoms with Crippen molar-refractivity contribution in [2.75, 3.05) is 0 Å². The largest absolute Gasteiger partial charge is 0.458 e. The number of rotatable bonds is 2. The van der Waals surface area contributed by atoms with Crippen LogP contribution >= 0.6 is 15.9 Å². The highest BCUT2D eigenvalue weighted by atomic mass is 79.9. The average molecular weight is 339 g/mol. The van der Waals surface area contributed by atoms with Crippen molar-refractivity contribution in [2.24, 2.45) is 0 Å². The lowest BCUT2D eigenvalue weighted by molar-refractivity contribution is 0.187. The van der Waals surface area contributed by atoms with Crippen LogP contribution in [0.3, 0.4) is 0 Å². The van der Waals surface area contributed by atoms with E-state index in [1.165, 1.54) is 36.4 Å². The van der Waals surface area contributed by atoms with Crippen molar-refractivity contribution in [1.82, 2.24) is 0 Å². The molecule has 3 rings (SSSR count). The molecule has 0 saturated carbocycles. The molecular formula is C15H9BrF2O2. The Kier molecular flexibility index (Phi) is 3.31. The first-order valence-corrected chi connectivity index (χ1v) is 6.66. The number of fused-ring (bicyclic) bond motifs is 1. The minimum Gasteiger partial charge on any atom is -0.458 e. The lowest BCUT2D eigenvalue weighted by Crippen LogP contribution is -2.01. The van der Waals surface area contributed by atoms with Gasteiger partial charge in [-0.3, -0.25) is 0 Å². The Bertz CT molecular complexity index is 783. The van der Waals surface area contributed by atoms with Crippen LogP contribution in [0.2, 0.25) is 0 Å². The van der Waals surface area contributed by atoms with Crippen LogP contribution in [0.5, 0.6) is 0 Å². The Morgan fingerprint density at radius 3 is 2.60 bits per heavy atom. The maximum atomic E-state index is 13.8. The van der Waals surface area contributed by atoms with Gasteiger partial charge in [0.05, 0.1) is 0 Å². The zero-order chi connectivity index (χ0) is 14.3. The molecule has 0 amide bonds. The lowest BCUT2D eigenvalue weighted by Gasteiger charge is -2.09. The highest BCUT2D eigenvalue weighted by Gasteiger charge is 2.19. The predicted octanol–water partition coefficient (Wildman–Crippen LogP) is 4.56. The molecule has 0 spiro atoms. The first-order chi connectivity index (χ1) is 9.54. The minimum absolute atomic E-state index is 0.104. The predicted molar refractivity (Wildman–Crippen MR) is 74.3 cm³/mol. The summed E-state index contributed by atoms with van der Waals surface area (Å²) in [5.74, 6) is -0.764.